The lowest BCUT2D eigenvalue weighted by molar-refractivity contribution is -0.136. The predicted molar refractivity (Wildman–Crippen MR) is 229 cm³/mol. The molecule has 0 spiro atoms. The quantitative estimate of drug-likeness (QED) is 0.121. The number of nitrogens with one attached hydrogen (secondary N) is 3. The maximum Gasteiger partial charge on any atom is 0.284 e. The van der Waals surface area contributed by atoms with Crippen molar-refractivity contribution in [3.05, 3.63) is 65.2 Å². The number of rotatable bonds is 14. The highest BCUT2D eigenvalue weighted by molar-refractivity contribution is 6.25. The van der Waals surface area contributed by atoms with Gasteiger partial charge in [-0.25, -0.2) is 18.3 Å². The Morgan fingerprint density at radius 1 is 0.984 bits per heavy atom. The van der Waals surface area contributed by atoms with Crippen molar-refractivity contribution in [2.45, 2.75) is 121 Å². The molecule has 1 atom stereocenters. The number of alkyl halides is 2. The van der Waals surface area contributed by atoms with E-state index in [-0.39, 0.29) is 53.0 Å². The number of amides is 5. The second-order valence-corrected chi connectivity index (χ2v) is 18.2. The zero-order chi connectivity index (χ0) is 44.7. The number of halogens is 2. The Kier molecular flexibility index (Phi) is 12.3. The molecule has 5 heterocycles. The minimum atomic E-state index is -2.90. The SMILES string of the molecule is CN(CCC(C)(C)O)c1ccn2ncc(C(=O)Nc3cn(C4CCC(CN(C)C5CCC(Nc6cccc7c6C(=O)N(C6CCC(=O)NC6=O)C7=O)CC5)CC4)nc3C(F)F)c2n1. The molecule has 3 aromatic heterocycles. The molecule has 3 fully saturated rings. The van der Waals surface area contributed by atoms with Crippen LogP contribution in [0, 0.1) is 5.92 Å². The van der Waals surface area contributed by atoms with Gasteiger partial charge < -0.3 is 25.5 Å². The summed E-state index contributed by atoms with van der Waals surface area (Å²) in [5.74, 6) is -1.73. The third kappa shape index (κ3) is 9.30. The molecule has 0 radical (unpaired) electrons. The molecule has 1 aromatic carbocycles. The lowest BCUT2D eigenvalue weighted by Crippen LogP contribution is -2.54. The highest BCUT2D eigenvalue weighted by atomic mass is 19.3. The van der Waals surface area contributed by atoms with Gasteiger partial charge in [0.25, 0.3) is 24.1 Å². The molecule has 4 N–H and O–H groups in total. The number of hydrogen-bond donors (Lipinski definition) is 4. The van der Waals surface area contributed by atoms with E-state index in [1.807, 2.05) is 11.9 Å². The number of carbonyl (C=O) groups excluding carboxylic acids is 5. The van der Waals surface area contributed by atoms with Gasteiger partial charge in [-0.15, -0.1) is 0 Å². The molecule has 2 aliphatic carbocycles. The topological polar surface area (TPSA) is 199 Å². The van der Waals surface area contributed by atoms with Crippen molar-refractivity contribution in [1.29, 1.82) is 0 Å². The number of fused-ring (bicyclic) bond motifs is 2. The summed E-state index contributed by atoms with van der Waals surface area (Å²) in [4.78, 5) is 74.5. The minimum Gasteiger partial charge on any atom is -0.390 e. The Bertz CT molecular complexity index is 2400. The molecule has 4 aromatic rings. The largest absolute Gasteiger partial charge is 0.390 e. The number of aliphatic hydroxyl groups is 1. The van der Waals surface area contributed by atoms with E-state index in [0.717, 1.165) is 62.8 Å². The zero-order valence-electron chi connectivity index (χ0n) is 36.0. The summed E-state index contributed by atoms with van der Waals surface area (Å²) < 4.78 is 31.7. The lowest BCUT2D eigenvalue weighted by atomic mass is 9.84. The summed E-state index contributed by atoms with van der Waals surface area (Å²) in [7, 11) is 3.98. The number of aromatic nitrogens is 5. The Balaban J connectivity index is 0.827. The molecule has 8 rings (SSSR count). The maximum atomic E-state index is 14.3. The molecule has 1 unspecified atom stereocenters. The van der Waals surface area contributed by atoms with Crippen LogP contribution in [0.3, 0.4) is 0 Å². The maximum absolute atomic E-state index is 14.3. The number of carbonyl (C=O) groups is 5. The van der Waals surface area contributed by atoms with Crippen molar-refractivity contribution in [2.24, 2.45) is 5.92 Å². The monoisotopic (exact) mass is 871 g/mol. The molecular formula is C44H55F2N11O6. The summed E-state index contributed by atoms with van der Waals surface area (Å²) in [6, 6.07) is 6.23. The average Bonchev–Trinajstić information content (AvgIpc) is 3.94. The minimum absolute atomic E-state index is 0.0503. The van der Waals surface area contributed by atoms with E-state index in [4.69, 9.17) is 0 Å². The predicted octanol–water partition coefficient (Wildman–Crippen LogP) is 5.20. The molecule has 19 heteroatoms. The summed E-state index contributed by atoms with van der Waals surface area (Å²) in [6.45, 7) is 4.88. The van der Waals surface area contributed by atoms with Crippen LogP contribution < -0.4 is 20.9 Å². The van der Waals surface area contributed by atoms with Gasteiger partial charge in [-0.05, 0) is 109 Å². The van der Waals surface area contributed by atoms with Crippen molar-refractivity contribution in [3.63, 3.8) is 0 Å². The fourth-order valence-electron chi connectivity index (χ4n) is 9.49. The first-order valence-corrected chi connectivity index (χ1v) is 21.8. The van der Waals surface area contributed by atoms with Crippen LogP contribution in [0.1, 0.15) is 134 Å². The first kappa shape index (κ1) is 43.8. The molecule has 17 nitrogen and oxygen atoms in total. The normalized spacial score (nSPS) is 23.1. The van der Waals surface area contributed by atoms with Crippen LogP contribution in [0.15, 0.2) is 42.9 Å². The molecule has 1 saturated heterocycles. The zero-order valence-corrected chi connectivity index (χ0v) is 36.0. The third-order valence-corrected chi connectivity index (χ3v) is 13.1. The van der Waals surface area contributed by atoms with Crippen LogP contribution in [0.2, 0.25) is 0 Å². The number of imide groups is 2. The van der Waals surface area contributed by atoms with Crippen molar-refractivity contribution < 1.29 is 37.9 Å². The lowest BCUT2D eigenvalue weighted by Gasteiger charge is -2.38. The molecule has 336 valence electrons. The molecule has 4 aliphatic rings. The van der Waals surface area contributed by atoms with Gasteiger partial charge in [-0.1, -0.05) is 6.07 Å². The number of piperidine rings is 1. The fraction of sp³-hybridized carbons (Fsp3) is 0.545. The van der Waals surface area contributed by atoms with Crippen molar-refractivity contribution in [1.82, 2.24) is 39.5 Å². The number of benzene rings is 1. The third-order valence-electron chi connectivity index (χ3n) is 13.1. The molecule has 5 amide bonds. The van der Waals surface area contributed by atoms with E-state index in [0.29, 0.717) is 36.4 Å². The van der Waals surface area contributed by atoms with Crippen molar-refractivity contribution in [2.75, 3.05) is 42.7 Å². The smallest absolute Gasteiger partial charge is 0.284 e. The fourth-order valence-corrected chi connectivity index (χ4v) is 9.49. The van der Waals surface area contributed by atoms with Gasteiger partial charge in [0.2, 0.25) is 11.8 Å². The highest BCUT2D eigenvalue weighted by Gasteiger charge is 2.46. The molecule has 2 aliphatic heterocycles. The van der Waals surface area contributed by atoms with Gasteiger partial charge in [0, 0.05) is 56.7 Å². The number of hydrogen-bond acceptors (Lipinski definition) is 12. The van der Waals surface area contributed by atoms with Crippen LogP contribution in [-0.4, -0.2) is 120 Å². The Hall–Kier alpha value is -5.82. The summed E-state index contributed by atoms with van der Waals surface area (Å²) in [5.41, 5.74) is 0.0937. The van der Waals surface area contributed by atoms with Gasteiger partial charge in [0.1, 0.15) is 17.4 Å². The van der Waals surface area contributed by atoms with Crippen LogP contribution in [0.4, 0.5) is 26.0 Å². The van der Waals surface area contributed by atoms with Crippen LogP contribution in [0.25, 0.3) is 5.65 Å². The van der Waals surface area contributed by atoms with Gasteiger partial charge >= 0.3 is 0 Å². The first-order chi connectivity index (χ1) is 30.0. The molecular weight excluding hydrogens is 817 g/mol. The second-order valence-electron chi connectivity index (χ2n) is 18.2. The first-order valence-electron chi connectivity index (χ1n) is 21.8. The van der Waals surface area contributed by atoms with Gasteiger partial charge in [0.15, 0.2) is 11.3 Å². The summed E-state index contributed by atoms with van der Waals surface area (Å²) >= 11 is 0. The van der Waals surface area contributed by atoms with Gasteiger partial charge in [-0.2, -0.15) is 10.2 Å². The number of nitrogens with zero attached hydrogens (tertiary/aromatic N) is 8. The van der Waals surface area contributed by atoms with Gasteiger partial charge in [-0.3, -0.25) is 38.9 Å². The Labute approximate surface area is 363 Å². The highest BCUT2D eigenvalue weighted by Crippen LogP contribution is 2.38. The van der Waals surface area contributed by atoms with E-state index in [1.165, 1.54) is 16.9 Å². The van der Waals surface area contributed by atoms with Crippen LogP contribution in [-0.2, 0) is 9.59 Å². The van der Waals surface area contributed by atoms with E-state index >= 15 is 0 Å². The molecule has 2 saturated carbocycles. The average molecular weight is 872 g/mol. The Morgan fingerprint density at radius 2 is 1.73 bits per heavy atom. The van der Waals surface area contributed by atoms with E-state index < -0.39 is 53.3 Å². The van der Waals surface area contributed by atoms with Crippen LogP contribution >= 0.6 is 0 Å². The molecule has 63 heavy (non-hydrogen) atoms. The Morgan fingerprint density at radius 3 is 2.43 bits per heavy atom. The molecule has 0 bridgehead atoms. The van der Waals surface area contributed by atoms with E-state index in [2.05, 4.69) is 43.1 Å². The van der Waals surface area contributed by atoms with Gasteiger partial charge in [0.05, 0.1) is 34.7 Å². The summed E-state index contributed by atoms with van der Waals surface area (Å²) in [5, 5.41) is 27.1. The summed E-state index contributed by atoms with van der Waals surface area (Å²) in [6.07, 6.45) is 9.24. The van der Waals surface area contributed by atoms with Crippen molar-refractivity contribution >= 4 is 52.4 Å². The van der Waals surface area contributed by atoms with E-state index in [1.54, 1.807) is 49.0 Å². The van der Waals surface area contributed by atoms with E-state index in [9.17, 15) is 37.9 Å². The van der Waals surface area contributed by atoms with Crippen LogP contribution in [0.5, 0.6) is 0 Å². The van der Waals surface area contributed by atoms with Crippen molar-refractivity contribution in [3.8, 4) is 0 Å². The standard InChI is InChI=1S/C44H55F2N11O6/c1-44(2,63)19-21-53(3)34-18-20-55-39(50-34)30(22-47-55)40(59)49-32-24-56(52-37(32)38(45)46)28-12-8-25(9-13-28)23-54(4)27-14-10-26(11-15-27)48-31-7-5-6-29-36(31)43(62)57(42(29)61)33-16-17-35(58)51-41(33)60/h5-7,18,20,22,24-28,33,38,48,63H,8-17,19,21,23H2,1-4H3,(H,49,59)(H,51,58,60). The number of anilines is 3. The second kappa shape index (κ2) is 17.7.